The highest BCUT2D eigenvalue weighted by Gasteiger charge is 2.36. The largest absolute Gasteiger partial charge is 0.497 e. The number of nitrogens with zero attached hydrogens (tertiary/aromatic N) is 4. The number of carbonyl (C=O) groups excluding carboxylic acids is 1. The molecule has 1 saturated heterocycles. The van der Waals surface area contributed by atoms with E-state index in [1.807, 2.05) is 24.0 Å². The molecule has 4 rings (SSSR count). The number of halogens is 3. The molecule has 0 radical (unpaired) electrons. The van der Waals surface area contributed by atoms with Crippen LogP contribution in [0.2, 0.25) is 0 Å². The number of aryl methyl sites for hydroxylation is 1. The third-order valence-corrected chi connectivity index (χ3v) is 6.59. The molecule has 1 aliphatic heterocycles. The first kappa shape index (κ1) is 23.2. The molecule has 1 N–H and O–H groups in total. The zero-order valence-electron chi connectivity index (χ0n) is 18.5. The van der Waals surface area contributed by atoms with Crippen LogP contribution in [0.3, 0.4) is 0 Å². The molecular weight excluding hydrogens is 455 g/mol. The van der Waals surface area contributed by atoms with Crippen molar-refractivity contribution < 1.29 is 22.7 Å². The minimum Gasteiger partial charge on any atom is -0.497 e. The van der Waals surface area contributed by atoms with Gasteiger partial charge in [-0.3, -0.25) is 14.7 Å². The molecule has 0 aliphatic carbocycles. The van der Waals surface area contributed by atoms with Gasteiger partial charge in [0.1, 0.15) is 11.6 Å². The maximum Gasteiger partial charge on any atom is 0.417 e. The van der Waals surface area contributed by atoms with Gasteiger partial charge in [-0.2, -0.15) is 13.2 Å². The number of pyridine rings is 2. The highest BCUT2D eigenvalue weighted by atomic mass is 32.1. The van der Waals surface area contributed by atoms with Gasteiger partial charge in [0.05, 0.1) is 34.1 Å². The van der Waals surface area contributed by atoms with Gasteiger partial charge in [0.2, 0.25) is 0 Å². The molecule has 1 aliphatic rings. The maximum atomic E-state index is 13.8. The van der Waals surface area contributed by atoms with E-state index >= 15 is 0 Å². The number of methoxy groups -OCH3 is 1. The molecule has 0 aromatic carbocycles. The van der Waals surface area contributed by atoms with Crippen molar-refractivity contribution in [3.63, 3.8) is 0 Å². The van der Waals surface area contributed by atoms with Gasteiger partial charge in [0.15, 0.2) is 0 Å². The summed E-state index contributed by atoms with van der Waals surface area (Å²) >= 11 is 0.885. The van der Waals surface area contributed by atoms with E-state index in [1.54, 1.807) is 7.11 Å². The second kappa shape index (κ2) is 9.14. The normalized spacial score (nSPS) is 15.2. The summed E-state index contributed by atoms with van der Waals surface area (Å²) in [6, 6.07) is 4.84. The number of alkyl halides is 3. The summed E-state index contributed by atoms with van der Waals surface area (Å²) in [5, 5.41) is 3.90. The van der Waals surface area contributed by atoms with Gasteiger partial charge in [-0.25, -0.2) is 4.98 Å². The Hall–Kier alpha value is -2.92. The van der Waals surface area contributed by atoms with Gasteiger partial charge in [0.25, 0.3) is 5.91 Å². The van der Waals surface area contributed by atoms with Crippen LogP contribution in [0.4, 0.5) is 19.0 Å². The van der Waals surface area contributed by atoms with Crippen LogP contribution in [0.25, 0.3) is 10.2 Å². The van der Waals surface area contributed by atoms with E-state index in [0.717, 1.165) is 34.5 Å². The van der Waals surface area contributed by atoms with Crippen LogP contribution >= 0.6 is 11.3 Å². The van der Waals surface area contributed by atoms with Crippen LogP contribution in [0, 0.1) is 6.92 Å². The molecule has 0 unspecified atom stereocenters. The second-order valence-corrected chi connectivity index (χ2v) is 8.71. The Balaban J connectivity index is 1.56. The fourth-order valence-corrected chi connectivity index (χ4v) is 4.95. The van der Waals surface area contributed by atoms with E-state index in [-0.39, 0.29) is 21.6 Å². The number of amides is 1. The lowest BCUT2D eigenvalue weighted by Crippen LogP contribution is -2.46. The SMILES string of the molecule is CNC(=O)c1csc2c(C(F)(F)F)cc(N3CCN(Cc4cc(OC)cc(C)n4)CC3)nc12. The van der Waals surface area contributed by atoms with Gasteiger partial charge < -0.3 is 15.0 Å². The monoisotopic (exact) mass is 479 g/mol. The van der Waals surface area contributed by atoms with Crippen LogP contribution in [0.5, 0.6) is 5.75 Å². The van der Waals surface area contributed by atoms with Gasteiger partial charge in [-0.1, -0.05) is 0 Å². The lowest BCUT2D eigenvalue weighted by atomic mass is 10.1. The van der Waals surface area contributed by atoms with E-state index in [9.17, 15) is 18.0 Å². The average Bonchev–Trinajstić information content (AvgIpc) is 3.21. The van der Waals surface area contributed by atoms with Crippen LogP contribution in [0.15, 0.2) is 23.6 Å². The summed E-state index contributed by atoms with van der Waals surface area (Å²) in [5.41, 5.74) is 1.22. The molecule has 1 fully saturated rings. The minimum atomic E-state index is -4.54. The molecular formula is C22H24F3N5O2S. The molecule has 3 aromatic heterocycles. The van der Waals surface area contributed by atoms with Crippen LogP contribution in [0.1, 0.15) is 27.3 Å². The Labute approximate surface area is 193 Å². The van der Waals surface area contributed by atoms with E-state index in [4.69, 9.17) is 4.74 Å². The predicted molar refractivity (Wildman–Crippen MR) is 121 cm³/mol. The third-order valence-electron chi connectivity index (χ3n) is 5.58. The standard InChI is InChI=1S/C22H24F3N5O2S/c1-13-8-15(32-3)9-14(27-13)11-29-4-6-30(7-5-29)18-10-17(22(23,24)25)20-19(28-18)16(12-33-20)21(31)26-2/h8-10,12H,4-7,11H2,1-3H3,(H,26,31). The number of fused-ring (bicyclic) bond motifs is 1. The lowest BCUT2D eigenvalue weighted by Gasteiger charge is -2.35. The van der Waals surface area contributed by atoms with Gasteiger partial charge in [-0.05, 0) is 13.0 Å². The summed E-state index contributed by atoms with van der Waals surface area (Å²) in [7, 11) is 3.05. The maximum absolute atomic E-state index is 13.8. The number of anilines is 1. The molecule has 1 amide bonds. The molecule has 7 nitrogen and oxygen atoms in total. The van der Waals surface area contributed by atoms with E-state index in [1.165, 1.54) is 12.4 Å². The number of piperazine rings is 1. The zero-order chi connectivity index (χ0) is 23.8. The Morgan fingerprint density at radius 2 is 1.91 bits per heavy atom. The van der Waals surface area contributed by atoms with Gasteiger partial charge >= 0.3 is 6.18 Å². The summed E-state index contributed by atoms with van der Waals surface area (Å²) in [6.45, 7) is 4.84. The highest BCUT2D eigenvalue weighted by Crippen LogP contribution is 2.40. The number of rotatable bonds is 5. The minimum absolute atomic E-state index is 0.0250. The smallest absolute Gasteiger partial charge is 0.417 e. The molecule has 0 atom stereocenters. The van der Waals surface area contributed by atoms with E-state index in [0.29, 0.717) is 32.7 Å². The van der Waals surface area contributed by atoms with Crippen molar-refractivity contribution in [2.75, 3.05) is 45.2 Å². The Morgan fingerprint density at radius 3 is 2.55 bits per heavy atom. The number of nitrogens with one attached hydrogen (secondary N) is 1. The van der Waals surface area contributed by atoms with E-state index < -0.39 is 17.6 Å². The Morgan fingerprint density at radius 1 is 1.18 bits per heavy atom. The predicted octanol–water partition coefficient (Wildman–Crippen LogP) is 3.71. The summed E-state index contributed by atoms with van der Waals surface area (Å²) < 4.78 is 46.7. The topological polar surface area (TPSA) is 70.6 Å². The first-order valence-electron chi connectivity index (χ1n) is 10.4. The van der Waals surface area contributed by atoms with Crippen LogP contribution in [-0.4, -0.2) is 61.1 Å². The second-order valence-electron chi connectivity index (χ2n) is 7.83. The highest BCUT2D eigenvalue weighted by molar-refractivity contribution is 7.17. The molecule has 176 valence electrons. The number of ether oxygens (including phenoxy) is 1. The fourth-order valence-electron chi connectivity index (χ4n) is 3.93. The Bertz CT molecular complexity index is 1170. The summed E-state index contributed by atoms with van der Waals surface area (Å²) in [4.78, 5) is 25.2. The average molecular weight is 480 g/mol. The van der Waals surface area contributed by atoms with Crippen LogP contribution in [-0.2, 0) is 12.7 Å². The van der Waals surface area contributed by atoms with Crippen molar-refractivity contribution in [3.8, 4) is 5.75 Å². The van der Waals surface area contributed by atoms with E-state index in [2.05, 4.69) is 20.2 Å². The molecule has 0 bridgehead atoms. The molecule has 3 aromatic rings. The number of hydrogen-bond acceptors (Lipinski definition) is 7. The fraction of sp³-hybridized carbons (Fsp3) is 0.409. The number of hydrogen-bond donors (Lipinski definition) is 1. The van der Waals surface area contributed by atoms with Gasteiger partial charge in [0, 0.05) is 63.0 Å². The quantitative estimate of drug-likeness (QED) is 0.602. The van der Waals surface area contributed by atoms with Crippen molar-refractivity contribution in [3.05, 3.63) is 46.1 Å². The summed E-state index contributed by atoms with van der Waals surface area (Å²) in [6.07, 6.45) is -4.54. The van der Waals surface area contributed by atoms with Crippen molar-refractivity contribution in [1.29, 1.82) is 0 Å². The summed E-state index contributed by atoms with van der Waals surface area (Å²) in [5.74, 6) is 0.523. The molecule has 33 heavy (non-hydrogen) atoms. The first-order valence-corrected chi connectivity index (χ1v) is 11.3. The molecule has 4 heterocycles. The van der Waals surface area contributed by atoms with Gasteiger partial charge in [-0.15, -0.1) is 11.3 Å². The van der Waals surface area contributed by atoms with Crippen molar-refractivity contribution in [2.24, 2.45) is 0 Å². The molecule has 0 spiro atoms. The van der Waals surface area contributed by atoms with Crippen molar-refractivity contribution >= 4 is 33.3 Å². The van der Waals surface area contributed by atoms with Crippen LogP contribution < -0.4 is 15.0 Å². The number of aromatic nitrogens is 2. The third kappa shape index (κ3) is 4.88. The Kier molecular flexibility index (Phi) is 6.44. The van der Waals surface area contributed by atoms with Crippen molar-refractivity contribution in [1.82, 2.24) is 20.2 Å². The molecule has 11 heteroatoms. The first-order chi connectivity index (χ1) is 15.7. The lowest BCUT2D eigenvalue weighted by molar-refractivity contribution is -0.136. The van der Waals surface area contributed by atoms with Crippen molar-refractivity contribution in [2.45, 2.75) is 19.6 Å². The zero-order valence-corrected chi connectivity index (χ0v) is 19.3. The molecule has 0 saturated carbocycles. The number of thiophene rings is 1. The number of carbonyl (C=O) groups is 1.